The Kier molecular flexibility index (Phi) is 5.24. The number of rotatable bonds is 4. The molecule has 2 fully saturated rings. The zero-order valence-corrected chi connectivity index (χ0v) is 15.9. The number of nitrogens with zero attached hydrogens (tertiary/aromatic N) is 5. The molecule has 8 nitrogen and oxygen atoms in total. The van der Waals surface area contributed by atoms with E-state index in [2.05, 4.69) is 19.8 Å². The highest BCUT2D eigenvalue weighted by Crippen LogP contribution is 2.21. The second-order valence-electron chi connectivity index (χ2n) is 6.52. The lowest BCUT2D eigenvalue weighted by Crippen LogP contribution is -2.49. The molecule has 0 spiro atoms. The molecule has 0 unspecified atom stereocenters. The highest BCUT2D eigenvalue weighted by atomic mass is 32.2. The third-order valence-corrected chi connectivity index (χ3v) is 6.78. The van der Waals surface area contributed by atoms with E-state index in [1.807, 2.05) is 12.1 Å². The fourth-order valence-corrected chi connectivity index (χ4v) is 4.77. The standard InChI is InChI=1S/C18H23N5O3S/c24-27(25,16-4-2-1-3-5-16)23-10-8-21(9-11-23)17-6-7-19-18(20-17)22-12-14-26-15-13-22/h1-7H,8-15H2. The van der Waals surface area contributed by atoms with E-state index in [0.717, 1.165) is 18.9 Å². The highest BCUT2D eigenvalue weighted by Gasteiger charge is 2.29. The summed E-state index contributed by atoms with van der Waals surface area (Å²) in [6, 6.07) is 10.5. The molecule has 4 rings (SSSR count). The Labute approximate surface area is 159 Å². The summed E-state index contributed by atoms with van der Waals surface area (Å²) < 4.78 is 32.4. The molecule has 3 heterocycles. The Morgan fingerprint density at radius 3 is 2.26 bits per heavy atom. The molecule has 9 heteroatoms. The van der Waals surface area contributed by atoms with Gasteiger partial charge in [-0.25, -0.2) is 13.4 Å². The van der Waals surface area contributed by atoms with Crippen LogP contribution >= 0.6 is 0 Å². The number of sulfonamides is 1. The van der Waals surface area contributed by atoms with Gasteiger partial charge >= 0.3 is 0 Å². The summed E-state index contributed by atoms with van der Waals surface area (Å²) in [7, 11) is -3.44. The molecule has 0 radical (unpaired) electrons. The van der Waals surface area contributed by atoms with Crippen LogP contribution in [0.4, 0.5) is 11.8 Å². The number of piperazine rings is 1. The molecule has 27 heavy (non-hydrogen) atoms. The molecule has 144 valence electrons. The molecule has 0 aliphatic carbocycles. The van der Waals surface area contributed by atoms with Gasteiger partial charge in [0, 0.05) is 45.5 Å². The molecule has 1 aromatic carbocycles. The maximum atomic E-state index is 12.8. The molecular weight excluding hydrogens is 366 g/mol. The van der Waals surface area contributed by atoms with Gasteiger partial charge in [-0.2, -0.15) is 9.29 Å². The van der Waals surface area contributed by atoms with E-state index in [0.29, 0.717) is 50.2 Å². The predicted octanol–water partition coefficient (Wildman–Crippen LogP) is 0.824. The number of aromatic nitrogens is 2. The van der Waals surface area contributed by atoms with Crippen molar-refractivity contribution in [2.75, 3.05) is 62.3 Å². The maximum Gasteiger partial charge on any atom is 0.243 e. The normalized spacial score (nSPS) is 19.3. The summed E-state index contributed by atoms with van der Waals surface area (Å²) in [6.07, 6.45) is 1.76. The van der Waals surface area contributed by atoms with Gasteiger partial charge in [-0.1, -0.05) is 18.2 Å². The first-order valence-corrected chi connectivity index (χ1v) is 10.5. The van der Waals surface area contributed by atoms with Crippen molar-refractivity contribution in [1.82, 2.24) is 14.3 Å². The van der Waals surface area contributed by atoms with E-state index < -0.39 is 10.0 Å². The molecule has 1 aromatic heterocycles. The average Bonchev–Trinajstić information content (AvgIpc) is 2.75. The van der Waals surface area contributed by atoms with Crippen LogP contribution in [0.1, 0.15) is 0 Å². The molecule has 0 bridgehead atoms. The van der Waals surface area contributed by atoms with Crippen LogP contribution in [-0.4, -0.2) is 75.2 Å². The lowest BCUT2D eigenvalue weighted by atomic mass is 10.3. The summed E-state index contributed by atoms with van der Waals surface area (Å²) in [6.45, 7) is 5.02. The van der Waals surface area contributed by atoms with Gasteiger partial charge in [0.25, 0.3) is 0 Å². The molecule has 0 atom stereocenters. The molecule has 0 saturated carbocycles. The SMILES string of the molecule is O=S(=O)(c1ccccc1)N1CCN(c2ccnc(N3CCOCC3)n2)CC1. The van der Waals surface area contributed by atoms with E-state index in [9.17, 15) is 8.42 Å². The van der Waals surface area contributed by atoms with Crippen LogP contribution in [0.25, 0.3) is 0 Å². The molecule has 2 saturated heterocycles. The number of morpholine rings is 1. The fraction of sp³-hybridized carbons (Fsp3) is 0.444. The van der Waals surface area contributed by atoms with Gasteiger partial charge in [-0.3, -0.25) is 0 Å². The van der Waals surface area contributed by atoms with Crippen LogP contribution in [0.2, 0.25) is 0 Å². The Morgan fingerprint density at radius 2 is 1.56 bits per heavy atom. The summed E-state index contributed by atoms with van der Waals surface area (Å²) >= 11 is 0. The third kappa shape index (κ3) is 3.90. The highest BCUT2D eigenvalue weighted by molar-refractivity contribution is 7.89. The first-order chi connectivity index (χ1) is 13.1. The quantitative estimate of drug-likeness (QED) is 0.766. The molecule has 2 aliphatic rings. The zero-order valence-electron chi connectivity index (χ0n) is 15.1. The topological polar surface area (TPSA) is 78.9 Å². The predicted molar refractivity (Wildman–Crippen MR) is 102 cm³/mol. The van der Waals surface area contributed by atoms with Gasteiger partial charge < -0.3 is 14.5 Å². The van der Waals surface area contributed by atoms with Gasteiger partial charge in [0.2, 0.25) is 16.0 Å². The summed E-state index contributed by atoms with van der Waals surface area (Å²) in [5.41, 5.74) is 0. The number of hydrogen-bond donors (Lipinski definition) is 0. The Morgan fingerprint density at radius 1 is 0.852 bits per heavy atom. The summed E-state index contributed by atoms with van der Waals surface area (Å²) in [5.74, 6) is 1.54. The second kappa shape index (κ2) is 7.79. The molecule has 0 amide bonds. The number of ether oxygens (including phenoxy) is 1. The van der Waals surface area contributed by atoms with Crippen molar-refractivity contribution in [3.8, 4) is 0 Å². The third-order valence-electron chi connectivity index (χ3n) is 4.87. The molecule has 0 N–H and O–H groups in total. The van der Waals surface area contributed by atoms with Crippen molar-refractivity contribution in [2.45, 2.75) is 4.90 Å². The Bertz CT molecular complexity index is 864. The van der Waals surface area contributed by atoms with E-state index in [1.54, 1.807) is 34.8 Å². The maximum absolute atomic E-state index is 12.8. The van der Waals surface area contributed by atoms with Gasteiger partial charge in [-0.15, -0.1) is 0 Å². The monoisotopic (exact) mass is 389 g/mol. The van der Waals surface area contributed by atoms with E-state index in [4.69, 9.17) is 4.74 Å². The minimum Gasteiger partial charge on any atom is -0.378 e. The molecule has 2 aromatic rings. The van der Waals surface area contributed by atoms with Crippen molar-refractivity contribution >= 4 is 21.8 Å². The van der Waals surface area contributed by atoms with Crippen molar-refractivity contribution in [1.29, 1.82) is 0 Å². The molecule has 2 aliphatic heterocycles. The van der Waals surface area contributed by atoms with E-state index in [-0.39, 0.29) is 0 Å². The van der Waals surface area contributed by atoms with Crippen LogP contribution in [0.5, 0.6) is 0 Å². The Balaban J connectivity index is 1.44. The first-order valence-electron chi connectivity index (χ1n) is 9.10. The number of benzene rings is 1. The Hall–Kier alpha value is -2.23. The minimum absolute atomic E-state index is 0.343. The van der Waals surface area contributed by atoms with E-state index >= 15 is 0 Å². The van der Waals surface area contributed by atoms with E-state index in [1.165, 1.54) is 0 Å². The van der Waals surface area contributed by atoms with Gasteiger partial charge in [0.15, 0.2) is 0 Å². The lowest BCUT2D eigenvalue weighted by Gasteiger charge is -2.35. The number of hydrogen-bond acceptors (Lipinski definition) is 7. The van der Waals surface area contributed by atoms with Crippen LogP contribution in [-0.2, 0) is 14.8 Å². The van der Waals surface area contributed by atoms with Crippen molar-refractivity contribution in [2.24, 2.45) is 0 Å². The smallest absolute Gasteiger partial charge is 0.243 e. The second-order valence-corrected chi connectivity index (χ2v) is 8.46. The number of anilines is 2. The van der Waals surface area contributed by atoms with Crippen molar-refractivity contribution in [3.05, 3.63) is 42.6 Å². The zero-order chi connectivity index (χ0) is 18.7. The largest absolute Gasteiger partial charge is 0.378 e. The lowest BCUT2D eigenvalue weighted by molar-refractivity contribution is 0.122. The van der Waals surface area contributed by atoms with Gasteiger partial charge in [-0.05, 0) is 18.2 Å². The summed E-state index contributed by atoms with van der Waals surface area (Å²) in [5, 5.41) is 0. The van der Waals surface area contributed by atoms with Crippen LogP contribution in [0, 0.1) is 0 Å². The van der Waals surface area contributed by atoms with Crippen LogP contribution < -0.4 is 9.80 Å². The summed E-state index contributed by atoms with van der Waals surface area (Å²) in [4.78, 5) is 13.6. The van der Waals surface area contributed by atoms with Crippen LogP contribution in [0.15, 0.2) is 47.5 Å². The van der Waals surface area contributed by atoms with Crippen molar-refractivity contribution < 1.29 is 13.2 Å². The average molecular weight is 389 g/mol. The van der Waals surface area contributed by atoms with Gasteiger partial charge in [0.1, 0.15) is 5.82 Å². The van der Waals surface area contributed by atoms with Crippen molar-refractivity contribution in [3.63, 3.8) is 0 Å². The van der Waals surface area contributed by atoms with Crippen LogP contribution in [0.3, 0.4) is 0 Å². The fourth-order valence-electron chi connectivity index (χ4n) is 3.33. The first kappa shape index (κ1) is 18.1. The minimum atomic E-state index is -3.44. The van der Waals surface area contributed by atoms with Gasteiger partial charge in [0.05, 0.1) is 18.1 Å². The molecular formula is C18H23N5O3S.